The largest absolute Gasteiger partial charge is 0.255 e. The van der Waals surface area contributed by atoms with Gasteiger partial charge in [-0.1, -0.05) is 28.1 Å². The van der Waals surface area contributed by atoms with Gasteiger partial charge in [0, 0.05) is 20.7 Å². The van der Waals surface area contributed by atoms with Crippen LogP contribution >= 0.6 is 31.9 Å². The fourth-order valence-electron chi connectivity index (χ4n) is 1.32. The van der Waals surface area contributed by atoms with Crippen LogP contribution in [0.3, 0.4) is 0 Å². The van der Waals surface area contributed by atoms with Crippen LogP contribution in [0.15, 0.2) is 45.5 Å². The summed E-state index contributed by atoms with van der Waals surface area (Å²) >= 11 is 6.86. The number of aromatic nitrogens is 1. The topological polar surface area (TPSA) is 12.9 Å². The highest BCUT2D eigenvalue weighted by molar-refractivity contribution is 9.10. The first-order chi connectivity index (χ1) is 7.16. The Morgan fingerprint density at radius 3 is 2.33 bits per heavy atom. The van der Waals surface area contributed by atoms with Crippen LogP contribution in [0.1, 0.15) is 5.56 Å². The van der Waals surface area contributed by atoms with Gasteiger partial charge in [0.25, 0.3) is 0 Å². The van der Waals surface area contributed by atoms with Crippen LogP contribution in [0.5, 0.6) is 0 Å². The summed E-state index contributed by atoms with van der Waals surface area (Å²) in [4.78, 5) is 4.38. The van der Waals surface area contributed by atoms with Gasteiger partial charge in [-0.3, -0.25) is 4.98 Å². The van der Waals surface area contributed by atoms with Crippen LogP contribution in [-0.4, -0.2) is 4.98 Å². The average molecular weight is 327 g/mol. The van der Waals surface area contributed by atoms with Crippen LogP contribution < -0.4 is 0 Å². The summed E-state index contributed by atoms with van der Waals surface area (Å²) < 4.78 is 2.13. The van der Waals surface area contributed by atoms with E-state index in [9.17, 15) is 0 Å². The molecule has 2 aromatic rings. The first-order valence-corrected chi connectivity index (χ1v) is 6.13. The lowest BCUT2D eigenvalue weighted by molar-refractivity contribution is 1.26. The number of aryl methyl sites for hydroxylation is 1. The molecule has 0 aliphatic rings. The van der Waals surface area contributed by atoms with Gasteiger partial charge in [-0.15, -0.1) is 0 Å². The molecule has 76 valence electrons. The van der Waals surface area contributed by atoms with Gasteiger partial charge >= 0.3 is 0 Å². The quantitative estimate of drug-likeness (QED) is 0.747. The van der Waals surface area contributed by atoms with Gasteiger partial charge in [-0.2, -0.15) is 0 Å². The maximum atomic E-state index is 4.38. The molecule has 1 nitrogen and oxygen atoms in total. The predicted molar refractivity (Wildman–Crippen MR) is 69.8 cm³/mol. The van der Waals surface area contributed by atoms with E-state index < -0.39 is 0 Å². The molecule has 0 N–H and O–H groups in total. The summed E-state index contributed by atoms with van der Waals surface area (Å²) in [6.45, 7) is 2.06. The minimum absolute atomic E-state index is 1.00. The first kappa shape index (κ1) is 10.8. The lowest BCUT2D eigenvalue weighted by Gasteiger charge is -2.03. The van der Waals surface area contributed by atoms with Gasteiger partial charge in [-0.05, 0) is 46.6 Å². The fourth-order valence-corrected chi connectivity index (χ4v) is 1.80. The van der Waals surface area contributed by atoms with Crippen molar-refractivity contribution in [2.75, 3.05) is 0 Å². The van der Waals surface area contributed by atoms with Crippen LogP contribution in [0.25, 0.3) is 11.3 Å². The van der Waals surface area contributed by atoms with Gasteiger partial charge in [-0.25, -0.2) is 0 Å². The molecule has 0 fully saturated rings. The Bertz CT molecular complexity index is 477. The predicted octanol–water partition coefficient (Wildman–Crippen LogP) is 4.58. The van der Waals surface area contributed by atoms with Crippen molar-refractivity contribution < 1.29 is 0 Å². The monoisotopic (exact) mass is 325 g/mol. The number of hydrogen-bond acceptors (Lipinski definition) is 1. The zero-order valence-electron chi connectivity index (χ0n) is 8.17. The van der Waals surface area contributed by atoms with E-state index in [0.717, 1.165) is 20.2 Å². The standard InChI is InChI=1S/C12H9Br2N/c1-8-6-12(15-7-11(8)14)9-2-4-10(13)5-3-9/h2-7H,1H3. The molecule has 0 saturated carbocycles. The summed E-state index contributed by atoms with van der Waals surface area (Å²) in [7, 11) is 0. The van der Waals surface area contributed by atoms with Crippen molar-refractivity contribution in [1.29, 1.82) is 0 Å². The van der Waals surface area contributed by atoms with Crippen molar-refractivity contribution in [2.24, 2.45) is 0 Å². The second-order valence-electron chi connectivity index (χ2n) is 3.33. The van der Waals surface area contributed by atoms with Crippen molar-refractivity contribution in [3.05, 3.63) is 51.0 Å². The van der Waals surface area contributed by atoms with Crippen molar-refractivity contribution in [2.45, 2.75) is 6.92 Å². The molecular weight excluding hydrogens is 318 g/mol. The molecule has 0 atom stereocenters. The number of halogens is 2. The van der Waals surface area contributed by atoms with Crippen molar-refractivity contribution in [1.82, 2.24) is 4.98 Å². The number of rotatable bonds is 1. The van der Waals surface area contributed by atoms with E-state index in [2.05, 4.69) is 62.0 Å². The molecule has 15 heavy (non-hydrogen) atoms. The molecular formula is C12H9Br2N. The van der Waals surface area contributed by atoms with E-state index in [1.165, 1.54) is 5.56 Å². The SMILES string of the molecule is Cc1cc(-c2ccc(Br)cc2)ncc1Br. The Morgan fingerprint density at radius 2 is 1.73 bits per heavy atom. The van der Waals surface area contributed by atoms with Crippen LogP contribution in [0.4, 0.5) is 0 Å². The summed E-state index contributed by atoms with van der Waals surface area (Å²) in [5, 5.41) is 0. The lowest BCUT2D eigenvalue weighted by atomic mass is 10.1. The van der Waals surface area contributed by atoms with Gasteiger partial charge in [0.2, 0.25) is 0 Å². The van der Waals surface area contributed by atoms with Gasteiger partial charge in [0.1, 0.15) is 0 Å². The van der Waals surface area contributed by atoms with Crippen molar-refractivity contribution in [3.63, 3.8) is 0 Å². The molecule has 2 rings (SSSR count). The summed E-state index contributed by atoms with van der Waals surface area (Å²) in [6, 6.07) is 10.2. The highest BCUT2D eigenvalue weighted by Gasteiger charge is 2.01. The molecule has 0 unspecified atom stereocenters. The van der Waals surface area contributed by atoms with E-state index in [-0.39, 0.29) is 0 Å². The van der Waals surface area contributed by atoms with E-state index in [4.69, 9.17) is 0 Å². The molecule has 0 aliphatic carbocycles. The lowest BCUT2D eigenvalue weighted by Crippen LogP contribution is -1.85. The molecule has 3 heteroatoms. The molecule has 0 amide bonds. The Morgan fingerprint density at radius 1 is 1.07 bits per heavy atom. The smallest absolute Gasteiger partial charge is 0.0705 e. The van der Waals surface area contributed by atoms with E-state index in [1.807, 2.05) is 18.3 Å². The normalized spacial score (nSPS) is 10.3. The zero-order valence-corrected chi connectivity index (χ0v) is 11.3. The summed E-state index contributed by atoms with van der Waals surface area (Å²) in [5.41, 5.74) is 3.33. The van der Waals surface area contributed by atoms with Crippen LogP contribution in [0, 0.1) is 6.92 Å². The molecule has 1 aromatic heterocycles. The highest BCUT2D eigenvalue weighted by atomic mass is 79.9. The average Bonchev–Trinajstić information content (AvgIpc) is 2.23. The van der Waals surface area contributed by atoms with Crippen LogP contribution in [-0.2, 0) is 0 Å². The fraction of sp³-hybridized carbons (Fsp3) is 0.0833. The molecule has 0 spiro atoms. The Hall–Kier alpha value is -0.670. The van der Waals surface area contributed by atoms with Crippen molar-refractivity contribution >= 4 is 31.9 Å². The molecule has 1 aromatic carbocycles. The summed E-state index contributed by atoms with van der Waals surface area (Å²) in [5.74, 6) is 0. The number of hydrogen-bond donors (Lipinski definition) is 0. The third kappa shape index (κ3) is 2.47. The second-order valence-corrected chi connectivity index (χ2v) is 5.10. The maximum absolute atomic E-state index is 4.38. The third-order valence-corrected chi connectivity index (χ3v) is 3.55. The van der Waals surface area contributed by atoms with Crippen molar-refractivity contribution in [3.8, 4) is 11.3 Å². The Balaban J connectivity index is 2.45. The first-order valence-electron chi connectivity index (χ1n) is 4.55. The van der Waals surface area contributed by atoms with Gasteiger partial charge < -0.3 is 0 Å². The van der Waals surface area contributed by atoms with E-state index in [1.54, 1.807) is 0 Å². The van der Waals surface area contributed by atoms with Gasteiger partial charge in [0.05, 0.1) is 5.69 Å². The minimum atomic E-state index is 1.00. The Kier molecular flexibility index (Phi) is 3.22. The second kappa shape index (κ2) is 4.45. The Labute approximate surface area is 106 Å². The minimum Gasteiger partial charge on any atom is -0.255 e. The molecule has 1 heterocycles. The molecule has 0 radical (unpaired) electrons. The summed E-state index contributed by atoms with van der Waals surface area (Å²) in [6.07, 6.45) is 1.84. The number of benzene rings is 1. The third-order valence-electron chi connectivity index (χ3n) is 2.19. The zero-order chi connectivity index (χ0) is 10.8. The molecule has 0 saturated heterocycles. The maximum Gasteiger partial charge on any atom is 0.0705 e. The molecule has 0 bridgehead atoms. The van der Waals surface area contributed by atoms with E-state index >= 15 is 0 Å². The molecule has 0 aliphatic heterocycles. The van der Waals surface area contributed by atoms with Gasteiger partial charge in [0.15, 0.2) is 0 Å². The van der Waals surface area contributed by atoms with E-state index in [0.29, 0.717) is 0 Å². The number of nitrogens with zero attached hydrogens (tertiary/aromatic N) is 1. The van der Waals surface area contributed by atoms with Crippen LogP contribution in [0.2, 0.25) is 0 Å². The number of pyridine rings is 1. The highest BCUT2D eigenvalue weighted by Crippen LogP contribution is 2.23.